The summed E-state index contributed by atoms with van der Waals surface area (Å²) in [6.07, 6.45) is 3.78. The minimum Gasteiger partial charge on any atom is -0.321 e. The fraction of sp³-hybridized carbons (Fsp3) is 0. The molecule has 1 N–H and O–H groups in total. The fourth-order valence-corrected chi connectivity index (χ4v) is 2.30. The Bertz CT molecular complexity index is 855. The van der Waals surface area contributed by atoms with Crippen LogP contribution in [-0.2, 0) is 0 Å². The van der Waals surface area contributed by atoms with E-state index in [9.17, 15) is 9.18 Å². The first kappa shape index (κ1) is 15.7. The molecular weight excluding hydrogens is 301 g/mol. The monoisotopic (exact) mass is 317 g/mol. The number of carbonyl (C=O) groups excluding carboxylic acids is 1. The molecule has 0 heterocycles. The highest BCUT2D eigenvalue weighted by Gasteiger charge is 2.07. The van der Waals surface area contributed by atoms with Crippen LogP contribution in [0.2, 0.25) is 0 Å². The molecule has 0 radical (unpaired) electrons. The molecular formula is C21H16FNO. The van der Waals surface area contributed by atoms with Crippen LogP contribution < -0.4 is 5.32 Å². The number of hydrogen-bond acceptors (Lipinski definition) is 1. The van der Waals surface area contributed by atoms with Crippen LogP contribution in [0.5, 0.6) is 0 Å². The molecule has 0 fully saturated rings. The zero-order valence-electron chi connectivity index (χ0n) is 12.9. The first-order chi connectivity index (χ1) is 11.7. The van der Waals surface area contributed by atoms with Gasteiger partial charge in [0.2, 0.25) is 0 Å². The molecule has 0 saturated carbocycles. The Morgan fingerprint density at radius 2 is 1.46 bits per heavy atom. The van der Waals surface area contributed by atoms with Gasteiger partial charge in [-0.3, -0.25) is 4.79 Å². The number of halogens is 1. The van der Waals surface area contributed by atoms with E-state index in [4.69, 9.17) is 0 Å². The highest BCUT2D eigenvalue weighted by atomic mass is 19.1. The summed E-state index contributed by atoms with van der Waals surface area (Å²) in [5, 5.41) is 2.92. The van der Waals surface area contributed by atoms with Crippen molar-refractivity contribution in [1.29, 1.82) is 0 Å². The minimum absolute atomic E-state index is 0.154. The van der Waals surface area contributed by atoms with Crippen molar-refractivity contribution in [2.75, 3.05) is 5.32 Å². The zero-order valence-corrected chi connectivity index (χ0v) is 12.9. The molecule has 0 aliphatic carbocycles. The molecule has 0 aliphatic heterocycles. The molecule has 0 aromatic heterocycles. The van der Waals surface area contributed by atoms with Gasteiger partial charge in [0.05, 0.1) is 0 Å². The number of benzene rings is 3. The number of para-hydroxylation sites is 1. The molecule has 0 aliphatic rings. The summed E-state index contributed by atoms with van der Waals surface area (Å²) >= 11 is 0. The van der Waals surface area contributed by atoms with Crippen molar-refractivity contribution < 1.29 is 9.18 Å². The smallest absolute Gasteiger partial charge is 0.255 e. The number of amides is 1. The standard InChI is InChI=1S/C21H16FNO/c22-19-14-11-16(12-15-19)10-13-17-6-4-5-9-20(17)23-21(24)18-7-2-1-3-8-18/h1-15H,(H,23,24)/b13-10+. The predicted molar refractivity (Wildman–Crippen MR) is 96.2 cm³/mol. The second kappa shape index (κ2) is 7.38. The lowest BCUT2D eigenvalue weighted by Crippen LogP contribution is -2.12. The van der Waals surface area contributed by atoms with E-state index in [2.05, 4.69) is 5.32 Å². The average Bonchev–Trinajstić information content (AvgIpc) is 2.63. The molecule has 0 atom stereocenters. The maximum absolute atomic E-state index is 12.9. The van der Waals surface area contributed by atoms with Gasteiger partial charge in [-0.2, -0.15) is 0 Å². The summed E-state index contributed by atoms with van der Waals surface area (Å²) in [6.45, 7) is 0. The predicted octanol–water partition coefficient (Wildman–Crippen LogP) is 5.25. The van der Waals surface area contributed by atoms with Gasteiger partial charge in [0.15, 0.2) is 0 Å². The Morgan fingerprint density at radius 3 is 2.21 bits per heavy atom. The fourth-order valence-electron chi connectivity index (χ4n) is 2.30. The van der Waals surface area contributed by atoms with E-state index in [0.717, 1.165) is 16.8 Å². The van der Waals surface area contributed by atoms with Gasteiger partial charge >= 0.3 is 0 Å². The SMILES string of the molecule is O=C(Nc1ccccc1/C=C/c1ccc(F)cc1)c1ccccc1. The Hall–Kier alpha value is -3.20. The first-order valence-corrected chi connectivity index (χ1v) is 7.61. The maximum Gasteiger partial charge on any atom is 0.255 e. The second-order valence-corrected chi connectivity index (χ2v) is 5.29. The Morgan fingerprint density at radius 1 is 0.792 bits per heavy atom. The lowest BCUT2D eigenvalue weighted by molar-refractivity contribution is 0.102. The van der Waals surface area contributed by atoms with E-state index < -0.39 is 0 Å². The molecule has 2 nitrogen and oxygen atoms in total. The number of nitrogens with one attached hydrogen (secondary N) is 1. The molecule has 0 unspecified atom stereocenters. The highest BCUT2D eigenvalue weighted by molar-refractivity contribution is 6.05. The van der Waals surface area contributed by atoms with Crippen LogP contribution in [0.25, 0.3) is 12.2 Å². The third-order valence-corrected chi connectivity index (χ3v) is 3.57. The van der Waals surface area contributed by atoms with E-state index in [1.54, 1.807) is 24.3 Å². The van der Waals surface area contributed by atoms with Gasteiger partial charge < -0.3 is 5.32 Å². The normalized spacial score (nSPS) is 10.7. The summed E-state index contributed by atoms with van der Waals surface area (Å²) in [7, 11) is 0. The average molecular weight is 317 g/mol. The van der Waals surface area contributed by atoms with Crippen LogP contribution in [0, 0.1) is 5.82 Å². The highest BCUT2D eigenvalue weighted by Crippen LogP contribution is 2.19. The molecule has 0 spiro atoms. The second-order valence-electron chi connectivity index (χ2n) is 5.29. The van der Waals surface area contributed by atoms with Crippen LogP contribution in [-0.4, -0.2) is 5.91 Å². The van der Waals surface area contributed by atoms with Gasteiger partial charge in [-0.05, 0) is 41.5 Å². The molecule has 3 heteroatoms. The van der Waals surface area contributed by atoms with Crippen molar-refractivity contribution in [3.05, 3.63) is 101 Å². The molecule has 0 bridgehead atoms. The largest absolute Gasteiger partial charge is 0.321 e. The van der Waals surface area contributed by atoms with Crippen LogP contribution >= 0.6 is 0 Å². The third kappa shape index (κ3) is 3.96. The Labute approximate surface area is 140 Å². The Kier molecular flexibility index (Phi) is 4.82. The maximum atomic E-state index is 12.9. The van der Waals surface area contributed by atoms with Crippen molar-refractivity contribution >= 4 is 23.7 Å². The van der Waals surface area contributed by atoms with Crippen molar-refractivity contribution in [1.82, 2.24) is 0 Å². The molecule has 118 valence electrons. The van der Waals surface area contributed by atoms with Crippen LogP contribution in [0.1, 0.15) is 21.5 Å². The zero-order chi connectivity index (χ0) is 16.8. The summed E-state index contributed by atoms with van der Waals surface area (Å²) in [6, 6.07) is 22.9. The Balaban J connectivity index is 1.80. The molecule has 3 aromatic carbocycles. The van der Waals surface area contributed by atoms with Gasteiger partial charge in [0.25, 0.3) is 5.91 Å². The summed E-state index contributed by atoms with van der Waals surface area (Å²) in [4.78, 5) is 12.3. The van der Waals surface area contributed by atoms with Crippen LogP contribution in [0.15, 0.2) is 78.9 Å². The minimum atomic E-state index is -0.261. The molecule has 1 amide bonds. The van der Waals surface area contributed by atoms with Gasteiger partial charge in [-0.25, -0.2) is 4.39 Å². The van der Waals surface area contributed by atoms with Crippen LogP contribution in [0.3, 0.4) is 0 Å². The van der Waals surface area contributed by atoms with E-state index in [1.165, 1.54) is 12.1 Å². The number of carbonyl (C=O) groups is 1. The van der Waals surface area contributed by atoms with E-state index in [-0.39, 0.29) is 11.7 Å². The third-order valence-electron chi connectivity index (χ3n) is 3.57. The number of hydrogen-bond donors (Lipinski definition) is 1. The van der Waals surface area contributed by atoms with Gasteiger partial charge in [-0.15, -0.1) is 0 Å². The molecule has 3 rings (SSSR count). The molecule has 3 aromatic rings. The number of rotatable bonds is 4. The van der Waals surface area contributed by atoms with Gasteiger partial charge in [-0.1, -0.05) is 60.7 Å². The summed E-state index contributed by atoms with van der Waals surface area (Å²) in [5.74, 6) is -0.416. The lowest BCUT2D eigenvalue weighted by atomic mass is 10.1. The summed E-state index contributed by atoms with van der Waals surface area (Å²) < 4.78 is 12.9. The van der Waals surface area contributed by atoms with Crippen molar-refractivity contribution in [2.45, 2.75) is 0 Å². The number of anilines is 1. The van der Waals surface area contributed by atoms with Crippen molar-refractivity contribution in [3.63, 3.8) is 0 Å². The van der Waals surface area contributed by atoms with E-state index in [1.807, 2.05) is 54.6 Å². The lowest BCUT2D eigenvalue weighted by Gasteiger charge is -2.08. The van der Waals surface area contributed by atoms with E-state index in [0.29, 0.717) is 5.56 Å². The van der Waals surface area contributed by atoms with E-state index >= 15 is 0 Å². The molecule has 24 heavy (non-hydrogen) atoms. The first-order valence-electron chi connectivity index (χ1n) is 7.61. The van der Waals surface area contributed by atoms with Crippen molar-refractivity contribution in [2.24, 2.45) is 0 Å². The topological polar surface area (TPSA) is 29.1 Å². The van der Waals surface area contributed by atoms with Crippen molar-refractivity contribution in [3.8, 4) is 0 Å². The van der Waals surface area contributed by atoms with Gasteiger partial charge in [0, 0.05) is 11.3 Å². The summed E-state index contributed by atoms with van der Waals surface area (Å²) in [5.41, 5.74) is 3.10. The molecule has 0 saturated heterocycles. The van der Waals surface area contributed by atoms with Gasteiger partial charge in [0.1, 0.15) is 5.82 Å². The quantitative estimate of drug-likeness (QED) is 0.654. The van der Waals surface area contributed by atoms with Crippen LogP contribution in [0.4, 0.5) is 10.1 Å².